The molecule has 0 N–H and O–H groups in total. The summed E-state index contributed by atoms with van der Waals surface area (Å²) in [7, 11) is 1.68. The summed E-state index contributed by atoms with van der Waals surface area (Å²) in [4.78, 5) is 35.4. The van der Waals surface area contributed by atoms with Crippen molar-refractivity contribution in [1.82, 2.24) is 9.88 Å². The van der Waals surface area contributed by atoms with E-state index in [1.165, 1.54) is 0 Å². The fraction of sp³-hybridized carbons (Fsp3) is 0.600. The van der Waals surface area contributed by atoms with Crippen molar-refractivity contribution in [3.05, 3.63) is 41.4 Å². The Morgan fingerprint density at radius 3 is 2.62 bits per heavy atom. The smallest absolute Gasteiger partial charge is 0.225 e. The quantitative estimate of drug-likeness (QED) is 0.243. The summed E-state index contributed by atoms with van der Waals surface area (Å²) in [6.45, 7) is 9.16. The third-order valence-corrected chi connectivity index (χ3v) is 11.8. The molecule has 5 saturated heterocycles. The van der Waals surface area contributed by atoms with Crippen LogP contribution in [0.1, 0.15) is 52.9 Å². The van der Waals surface area contributed by atoms with Gasteiger partial charge in [-0.15, -0.1) is 0 Å². The van der Waals surface area contributed by atoms with Crippen LogP contribution in [0.3, 0.4) is 0 Å². The molecule has 3 aromatic rings. The van der Waals surface area contributed by atoms with E-state index in [1.54, 1.807) is 7.11 Å². The van der Waals surface area contributed by atoms with Gasteiger partial charge in [0, 0.05) is 54.3 Å². The molecule has 1 saturated carbocycles. The molecule has 0 unspecified atom stereocenters. The molecule has 2 aromatic carbocycles. The highest BCUT2D eigenvalue weighted by Gasteiger charge is 2.69. The normalized spacial score (nSPS) is 36.2. The highest BCUT2D eigenvalue weighted by Crippen LogP contribution is 2.60. The van der Waals surface area contributed by atoms with Crippen LogP contribution in [0.2, 0.25) is 5.02 Å². The molecule has 1 amide bonds. The van der Waals surface area contributed by atoms with E-state index in [1.807, 2.05) is 48.2 Å². The first kappa shape index (κ1) is 29.7. The second-order valence-electron chi connectivity index (χ2n) is 14.0. The Balaban J connectivity index is 1.01. The number of carbonyl (C=O) groups is 1. The number of fused-ring (bicyclic) bond motifs is 4. The molecule has 45 heavy (non-hydrogen) atoms. The molecular formula is C35H42ClN3O6. The molecule has 1 spiro atoms. The molecular weight excluding hydrogens is 594 g/mol. The lowest BCUT2D eigenvalue weighted by Crippen LogP contribution is -2.70. The molecule has 6 aliphatic rings. The van der Waals surface area contributed by atoms with Crippen LogP contribution in [0.15, 0.2) is 36.4 Å². The molecule has 8 atom stereocenters. The molecule has 1 aliphatic carbocycles. The summed E-state index contributed by atoms with van der Waals surface area (Å²) in [5.74, 6) is 1.28. The van der Waals surface area contributed by atoms with Crippen molar-refractivity contribution in [1.29, 1.82) is 0 Å². The van der Waals surface area contributed by atoms with Crippen molar-refractivity contribution in [3.8, 4) is 5.75 Å². The highest BCUT2D eigenvalue weighted by molar-refractivity contribution is 6.31. The number of piperazine rings is 1. The summed E-state index contributed by atoms with van der Waals surface area (Å²) in [6.07, 6.45) is 3.52. The van der Waals surface area contributed by atoms with Gasteiger partial charge in [0.2, 0.25) is 11.7 Å². The van der Waals surface area contributed by atoms with E-state index in [0.717, 1.165) is 58.9 Å². The third kappa shape index (κ3) is 4.72. The number of amides is 1. The number of ether oxygens (including phenoxy) is 3. The van der Waals surface area contributed by atoms with Gasteiger partial charge < -0.3 is 24.0 Å². The SMILES string of the molecule is COc1ccc2nc3cc(Cl)ccc3c(N3CCN(C(=O)C[C@H]4O[C@@H]5O[C@@]6(C)CC[C@H]7[C@H](C)CC[C@@H]([C@H]4C)[C@@]57OO6)CC3)c2c1. The van der Waals surface area contributed by atoms with Gasteiger partial charge in [0.15, 0.2) is 11.9 Å². The molecule has 6 fully saturated rings. The zero-order chi connectivity index (χ0) is 31.1. The molecule has 10 heteroatoms. The van der Waals surface area contributed by atoms with Gasteiger partial charge >= 0.3 is 0 Å². The summed E-state index contributed by atoms with van der Waals surface area (Å²) in [5.41, 5.74) is 2.23. The summed E-state index contributed by atoms with van der Waals surface area (Å²) >= 11 is 6.36. The van der Waals surface area contributed by atoms with Crippen LogP contribution in [-0.4, -0.2) is 72.9 Å². The summed E-state index contributed by atoms with van der Waals surface area (Å²) < 4.78 is 18.8. The van der Waals surface area contributed by atoms with Gasteiger partial charge in [0.25, 0.3) is 0 Å². The molecule has 240 valence electrons. The zero-order valence-electron chi connectivity index (χ0n) is 26.5. The lowest BCUT2D eigenvalue weighted by molar-refractivity contribution is -0.570. The van der Waals surface area contributed by atoms with E-state index in [9.17, 15) is 4.79 Å². The Kier molecular flexibility index (Phi) is 7.22. The Morgan fingerprint density at radius 2 is 1.82 bits per heavy atom. The van der Waals surface area contributed by atoms with Crippen LogP contribution in [0.5, 0.6) is 5.75 Å². The predicted octanol–water partition coefficient (Wildman–Crippen LogP) is 6.34. The average molecular weight is 636 g/mol. The maximum Gasteiger partial charge on any atom is 0.225 e. The number of aromatic nitrogens is 1. The molecule has 0 radical (unpaired) electrons. The van der Waals surface area contributed by atoms with Gasteiger partial charge in [-0.3, -0.25) is 4.79 Å². The highest BCUT2D eigenvalue weighted by atomic mass is 35.5. The van der Waals surface area contributed by atoms with Crippen LogP contribution in [-0.2, 0) is 24.0 Å². The fourth-order valence-electron chi connectivity index (χ4n) is 9.03. The Labute approximate surface area is 268 Å². The molecule has 2 bridgehead atoms. The van der Waals surface area contributed by atoms with Gasteiger partial charge in [-0.05, 0) is 80.3 Å². The number of halogens is 1. The number of nitrogens with zero attached hydrogens (tertiary/aromatic N) is 3. The van der Waals surface area contributed by atoms with Crippen molar-refractivity contribution in [2.75, 3.05) is 38.2 Å². The average Bonchev–Trinajstić information content (AvgIpc) is 3.27. The van der Waals surface area contributed by atoms with E-state index in [2.05, 4.69) is 18.7 Å². The zero-order valence-corrected chi connectivity index (χ0v) is 27.2. The predicted molar refractivity (Wildman–Crippen MR) is 171 cm³/mol. The van der Waals surface area contributed by atoms with Gasteiger partial charge in [0.05, 0.1) is 36.4 Å². The van der Waals surface area contributed by atoms with Crippen molar-refractivity contribution in [2.45, 2.75) is 76.7 Å². The van der Waals surface area contributed by atoms with E-state index in [-0.39, 0.29) is 23.8 Å². The van der Waals surface area contributed by atoms with Gasteiger partial charge in [-0.1, -0.05) is 25.4 Å². The fourth-order valence-corrected chi connectivity index (χ4v) is 9.20. The maximum absolute atomic E-state index is 13.9. The Morgan fingerprint density at radius 1 is 1.00 bits per heavy atom. The van der Waals surface area contributed by atoms with E-state index in [0.29, 0.717) is 49.5 Å². The number of hydrogen-bond donors (Lipinski definition) is 0. The van der Waals surface area contributed by atoms with Crippen LogP contribution in [0, 0.1) is 23.7 Å². The number of rotatable bonds is 4. The Hall–Kier alpha value is -2.69. The number of pyridine rings is 1. The minimum absolute atomic E-state index is 0.128. The molecule has 6 heterocycles. The first-order valence-corrected chi connectivity index (χ1v) is 16.9. The maximum atomic E-state index is 13.9. The minimum atomic E-state index is -0.820. The lowest BCUT2D eigenvalue weighted by Gasteiger charge is -2.60. The van der Waals surface area contributed by atoms with Crippen molar-refractivity contribution >= 4 is 45.0 Å². The first-order valence-electron chi connectivity index (χ1n) is 16.5. The number of hydrogen-bond acceptors (Lipinski definition) is 8. The van der Waals surface area contributed by atoms with Gasteiger partial charge in [0.1, 0.15) is 5.75 Å². The molecule has 9 nitrogen and oxygen atoms in total. The van der Waals surface area contributed by atoms with Crippen LogP contribution < -0.4 is 9.64 Å². The minimum Gasteiger partial charge on any atom is -0.497 e. The van der Waals surface area contributed by atoms with Gasteiger partial charge in [-0.2, -0.15) is 0 Å². The van der Waals surface area contributed by atoms with Crippen LogP contribution in [0.25, 0.3) is 21.8 Å². The first-order chi connectivity index (χ1) is 21.7. The third-order valence-electron chi connectivity index (χ3n) is 11.5. The van der Waals surface area contributed by atoms with Crippen LogP contribution >= 0.6 is 11.6 Å². The van der Waals surface area contributed by atoms with E-state index >= 15 is 0 Å². The number of methoxy groups -OCH3 is 1. The van der Waals surface area contributed by atoms with Crippen molar-refractivity contribution in [2.24, 2.45) is 23.7 Å². The Bertz CT molecular complexity index is 1650. The molecule has 5 aliphatic heterocycles. The van der Waals surface area contributed by atoms with Crippen molar-refractivity contribution < 1.29 is 28.8 Å². The summed E-state index contributed by atoms with van der Waals surface area (Å²) in [5, 5.41) is 2.72. The second-order valence-corrected chi connectivity index (χ2v) is 14.5. The second kappa shape index (κ2) is 10.9. The van der Waals surface area contributed by atoms with Crippen LogP contribution in [0.4, 0.5) is 5.69 Å². The monoisotopic (exact) mass is 635 g/mol. The lowest BCUT2D eigenvalue weighted by atomic mass is 9.57. The van der Waals surface area contributed by atoms with Crippen molar-refractivity contribution in [3.63, 3.8) is 0 Å². The number of benzene rings is 2. The topological polar surface area (TPSA) is 82.6 Å². The van der Waals surface area contributed by atoms with E-state index < -0.39 is 17.7 Å². The van der Waals surface area contributed by atoms with Gasteiger partial charge in [-0.25, -0.2) is 14.8 Å². The molecule has 1 aromatic heterocycles. The standard InChI is InChI=1S/C35H42ClN3O6/c1-20-5-9-27-21(2)30(42-33-35(27)26(20)11-12-34(3,43-33)44-45-35)19-31(40)38-13-15-39(16-14-38)32-24-8-6-22(36)17-29(24)37-28-10-7-23(41-4)18-25(28)32/h6-8,10,17-18,20-21,26-27,30,33H,5,9,11-16,19H2,1-4H3/t20-,21-,26+,27+,30-,33-,34-,35-/m1/s1. The van der Waals surface area contributed by atoms with E-state index in [4.69, 9.17) is 40.6 Å². The number of anilines is 1. The largest absolute Gasteiger partial charge is 0.497 e. The summed E-state index contributed by atoms with van der Waals surface area (Å²) in [6, 6.07) is 11.8. The number of carbonyl (C=O) groups excluding carboxylic acids is 1. The molecule has 9 rings (SSSR count).